The second-order valence-corrected chi connectivity index (χ2v) is 6.99. The number of rotatable bonds is 5. The van der Waals surface area contributed by atoms with Crippen molar-refractivity contribution in [1.82, 2.24) is 0 Å². The molecule has 0 radical (unpaired) electrons. The third-order valence-corrected chi connectivity index (χ3v) is 4.23. The summed E-state index contributed by atoms with van der Waals surface area (Å²) in [5.74, 6) is 0. The van der Waals surface area contributed by atoms with E-state index in [-0.39, 0.29) is 6.04 Å². The first kappa shape index (κ1) is 14.6. The lowest BCUT2D eigenvalue weighted by molar-refractivity contribution is 0.602. The van der Waals surface area contributed by atoms with Gasteiger partial charge < -0.3 is 5.32 Å². The summed E-state index contributed by atoms with van der Waals surface area (Å²) in [6, 6.07) is 17.3. The molecule has 4 heteroatoms. The minimum Gasteiger partial charge on any atom is -0.381 e. The topological polar surface area (TPSA) is 46.2 Å². The van der Waals surface area contributed by atoms with Gasteiger partial charge in [0.1, 0.15) is 0 Å². The number of sulfone groups is 1. The molecule has 0 saturated heterocycles. The van der Waals surface area contributed by atoms with Crippen LogP contribution in [-0.4, -0.2) is 20.7 Å². The van der Waals surface area contributed by atoms with Crippen LogP contribution in [0.15, 0.2) is 59.5 Å². The molecule has 3 nitrogen and oxygen atoms in total. The van der Waals surface area contributed by atoms with E-state index < -0.39 is 9.84 Å². The number of nitrogens with one attached hydrogen (secondary N) is 1. The van der Waals surface area contributed by atoms with Crippen LogP contribution in [0.1, 0.15) is 12.5 Å². The van der Waals surface area contributed by atoms with Crippen molar-refractivity contribution in [2.24, 2.45) is 0 Å². The first-order chi connectivity index (χ1) is 9.47. The summed E-state index contributed by atoms with van der Waals surface area (Å²) in [6.45, 7) is 2.05. The van der Waals surface area contributed by atoms with E-state index in [1.165, 1.54) is 11.8 Å². The standard InChI is InChI=1S/C16H19NO2S/c1-13(12-14-8-4-3-5-9-14)17-15-10-6-7-11-16(15)20(2,18)19/h3-11,13,17H,12H2,1-2H3. The Morgan fingerprint density at radius 1 is 1.00 bits per heavy atom. The Morgan fingerprint density at radius 3 is 2.25 bits per heavy atom. The molecule has 2 rings (SSSR count). The van der Waals surface area contributed by atoms with Gasteiger partial charge in [-0.3, -0.25) is 0 Å². The Morgan fingerprint density at radius 2 is 1.60 bits per heavy atom. The summed E-state index contributed by atoms with van der Waals surface area (Å²) in [5.41, 5.74) is 1.89. The summed E-state index contributed by atoms with van der Waals surface area (Å²) in [7, 11) is -3.21. The Labute approximate surface area is 120 Å². The monoisotopic (exact) mass is 289 g/mol. The van der Waals surface area contributed by atoms with Crippen molar-refractivity contribution in [1.29, 1.82) is 0 Å². The predicted molar refractivity (Wildman–Crippen MR) is 82.8 cm³/mol. The van der Waals surface area contributed by atoms with Gasteiger partial charge in [-0.1, -0.05) is 42.5 Å². The Kier molecular flexibility index (Phi) is 4.45. The van der Waals surface area contributed by atoms with Gasteiger partial charge in [-0.2, -0.15) is 0 Å². The normalized spacial score (nSPS) is 12.9. The number of hydrogen-bond acceptors (Lipinski definition) is 3. The molecule has 0 spiro atoms. The molecule has 0 aliphatic heterocycles. The molecule has 2 aromatic carbocycles. The predicted octanol–water partition coefficient (Wildman–Crippen LogP) is 3.13. The van der Waals surface area contributed by atoms with Crippen LogP contribution in [0.3, 0.4) is 0 Å². The number of para-hydroxylation sites is 1. The highest BCUT2D eigenvalue weighted by Crippen LogP contribution is 2.21. The lowest BCUT2D eigenvalue weighted by Crippen LogP contribution is -2.19. The quantitative estimate of drug-likeness (QED) is 0.920. The number of hydrogen-bond donors (Lipinski definition) is 1. The van der Waals surface area contributed by atoms with E-state index in [0.29, 0.717) is 10.6 Å². The average Bonchev–Trinajstić information content (AvgIpc) is 2.39. The van der Waals surface area contributed by atoms with Gasteiger partial charge in [0.2, 0.25) is 0 Å². The molecular formula is C16H19NO2S. The summed E-state index contributed by atoms with van der Waals surface area (Å²) >= 11 is 0. The molecule has 2 aromatic rings. The maximum Gasteiger partial charge on any atom is 0.177 e. The highest BCUT2D eigenvalue weighted by Gasteiger charge is 2.14. The first-order valence-corrected chi connectivity index (χ1v) is 8.45. The summed E-state index contributed by atoms with van der Waals surface area (Å²) in [5, 5.41) is 3.29. The van der Waals surface area contributed by atoms with Gasteiger partial charge in [0.15, 0.2) is 9.84 Å². The maximum atomic E-state index is 11.8. The van der Waals surface area contributed by atoms with Crippen molar-refractivity contribution in [3.05, 3.63) is 60.2 Å². The molecule has 0 aliphatic rings. The summed E-state index contributed by atoms with van der Waals surface area (Å²) < 4.78 is 23.5. The summed E-state index contributed by atoms with van der Waals surface area (Å²) in [6.07, 6.45) is 2.08. The molecule has 1 unspecified atom stereocenters. The molecule has 0 saturated carbocycles. The zero-order valence-electron chi connectivity index (χ0n) is 11.7. The zero-order chi connectivity index (χ0) is 14.6. The second-order valence-electron chi connectivity index (χ2n) is 5.00. The largest absolute Gasteiger partial charge is 0.381 e. The molecule has 0 heterocycles. The molecule has 0 aliphatic carbocycles. The fourth-order valence-electron chi connectivity index (χ4n) is 2.19. The van der Waals surface area contributed by atoms with Crippen LogP contribution in [-0.2, 0) is 16.3 Å². The molecule has 1 atom stereocenters. The molecule has 106 valence electrons. The average molecular weight is 289 g/mol. The van der Waals surface area contributed by atoms with Crippen LogP contribution in [0.25, 0.3) is 0 Å². The van der Waals surface area contributed by atoms with Crippen molar-refractivity contribution < 1.29 is 8.42 Å². The molecule has 0 fully saturated rings. The van der Waals surface area contributed by atoms with Gasteiger partial charge in [-0.25, -0.2) is 8.42 Å². The second kappa shape index (κ2) is 6.09. The third kappa shape index (κ3) is 3.84. The van der Waals surface area contributed by atoms with Crippen molar-refractivity contribution in [3.8, 4) is 0 Å². The van der Waals surface area contributed by atoms with E-state index in [0.717, 1.165) is 6.42 Å². The number of anilines is 1. The summed E-state index contributed by atoms with van der Waals surface area (Å²) in [4.78, 5) is 0.347. The van der Waals surface area contributed by atoms with Crippen LogP contribution in [0.2, 0.25) is 0 Å². The van der Waals surface area contributed by atoms with Gasteiger partial charge in [0.05, 0.1) is 10.6 Å². The van der Waals surface area contributed by atoms with E-state index in [4.69, 9.17) is 0 Å². The van der Waals surface area contributed by atoms with Crippen molar-refractivity contribution in [3.63, 3.8) is 0 Å². The molecule has 1 N–H and O–H groups in total. The van der Waals surface area contributed by atoms with Gasteiger partial charge in [-0.15, -0.1) is 0 Å². The van der Waals surface area contributed by atoms with Crippen LogP contribution in [0.4, 0.5) is 5.69 Å². The Balaban J connectivity index is 2.14. The van der Waals surface area contributed by atoms with Crippen LogP contribution in [0, 0.1) is 0 Å². The zero-order valence-corrected chi connectivity index (χ0v) is 12.5. The van der Waals surface area contributed by atoms with Gasteiger partial charge >= 0.3 is 0 Å². The van der Waals surface area contributed by atoms with E-state index in [1.807, 2.05) is 31.2 Å². The Bertz CT molecular complexity index is 666. The molecule has 0 aromatic heterocycles. The fourth-order valence-corrected chi connectivity index (χ4v) is 3.05. The van der Waals surface area contributed by atoms with Crippen LogP contribution < -0.4 is 5.32 Å². The minimum absolute atomic E-state index is 0.153. The number of benzene rings is 2. The van der Waals surface area contributed by atoms with E-state index in [9.17, 15) is 8.42 Å². The van der Waals surface area contributed by atoms with Crippen LogP contribution >= 0.6 is 0 Å². The van der Waals surface area contributed by atoms with Crippen molar-refractivity contribution in [2.75, 3.05) is 11.6 Å². The SMILES string of the molecule is CC(Cc1ccccc1)Nc1ccccc1S(C)(=O)=O. The van der Waals surface area contributed by atoms with E-state index >= 15 is 0 Å². The van der Waals surface area contributed by atoms with Crippen molar-refractivity contribution in [2.45, 2.75) is 24.3 Å². The molecule has 0 bridgehead atoms. The molecular weight excluding hydrogens is 270 g/mol. The highest BCUT2D eigenvalue weighted by molar-refractivity contribution is 7.90. The lowest BCUT2D eigenvalue weighted by Gasteiger charge is -2.17. The Hall–Kier alpha value is -1.81. The van der Waals surface area contributed by atoms with E-state index in [1.54, 1.807) is 18.2 Å². The minimum atomic E-state index is -3.21. The van der Waals surface area contributed by atoms with Gasteiger partial charge in [-0.05, 0) is 31.0 Å². The van der Waals surface area contributed by atoms with Crippen molar-refractivity contribution >= 4 is 15.5 Å². The molecule has 0 amide bonds. The van der Waals surface area contributed by atoms with E-state index in [2.05, 4.69) is 17.4 Å². The fraction of sp³-hybridized carbons (Fsp3) is 0.250. The highest BCUT2D eigenvalue weighted by atomic mass is 32.2. The van der Waals surface area contributed by atoms with Gasteiger partial charge in [0, 0.05) is 12.3 Å². The smallest absolute Gasteiger partial charge is 0.177 e. The van der Waals surface area contributed by atoms with Gasteiger partial charge in [0.25, 0.3) is 0 Å². The van der Waals surface area contributed by atoms with Crippen LogP contribution in [0.5, 0.6) is 0 Å². The molecule has 20 heavy (non-hydrogen) atoms. The lowest BCUT2D eigenvalue weighted by atomic mass is 10.1. The first-order valence-electron chi connectivity index (χ1n) is 6.56. The third-order valence-electron chi connectivity index (χ3n) is 3.07. The maximum absolute atomic E-state index is 11.8.